The molecule has 0 saturated heterocycles. The molecule has 0 spiro atoms. The molecule has 0 radical (unpaired) electrons. The number of carbonyl (C=O) groups is 1. The largest absolute Gasteiger partial charge is 0.459 e. The van der Waals surface area contributed by atoms with Gasteiger partial charge in [0.25, 0.3) is 5.91 Å². The number of carbonyl (C=O) groups excluding carboxylic acids is 1. The fraction of sp³-hybridized carbons (Fsp3) is 0.167. The predicted octanol–water partition coefficient (Wildman–Crippen LogP) is 3.29. The Morgan fingerprint density at radius 3 is 2.73 bits per heavy atom. The first-order valence-corrected chi connectivity index (χ1v) is 7.23. The summed E-state index contributed by atoms with van der Waals surface area (Å²) < 4.78 is 5.02. The third-order valence-corrected chi connectivity index (χ3v) is 3.63. The molecule has 1 aromatic heterocycles. The molecule has 1 heterocycles. The van der Waals surface area contributed by atoms with Gasteiger partial charge in [0.15, 0.2) is 5.76 Å². The van der Waals surface area contributed by atoms with Crippen LogP contribution in [0.25, 0.3) is 10.8 Å². The van der Waals surface area contributed by atoms with E-state index in [0.717, 1.165) is 16.3 Å². The van der Waals surface area contributed by atoms with Gasteiger partial charge in [-0.3, -0.25) is 4.79 Å². The molecule has 2 N–H and O–H groups in total. The summed E-state index contributed by atoms with van der Waals surface area (Å²) in [5, 5.41) is 15.3. The van der Waals surface area contributed by atoms with Crippen molar-refractivity contribution in [3.05, 3.63) is 72.2 Å². The van der Waals surface area contributed by atoms with Gasteiger partial charge in [-0.1, -0.05) is 42.5 Å². The number of hydrogen-bond donors (Lipinski definition) is 2. The van der Waals surface area contributed by atoms with Crippen LogP contribution in [0.5, 0.6) is 0 Å². The molecule has 22 heavy (non-hydrogen) atoms. The van der Waals surface area contributed by atoms with E-state index in [1.165, 1.54) is 6.26 Å². The van der Waals surface area contributed by atoms with Crippen LogP contribution >= 0.6 is 0 Å². The van der Waals surface area contributed by atoms with E-state index in [1.807, 2.05) is 42.5 Å². The molecule has 0 bridgehead atoms. The van der Waals surface area contributed by atoms with Crippen molar-refractivity contribution >= 4 is 16.7 Å². The second kappa shape index (κ2) is 6.45. The summed E-state index contributed by atoms with van der Waals surface area (Å²) in [6, 6.07) is 17.1. The zero-order valence-corrected chi connectivity index (χ0v) is 12.0. The summed E-state index contributed by atoms with van der Waals surface area (Å²) in [6.07, 6.45) is 1.28. The SMILES string of the molecule is O=C(NCC[C@@H](O)c1cccc2ccccc12)c1ccco1. The van der Waals surface area contributed by atoms with Gasteiger partial charge in [0.05, 0.1) is 12.4 Å². The van der Waals surface area contributed by atoms with E-state index >= 15 is 0 Å². The fourth-order valence-corrected chi connectivity index (χ4v) is 2.51. The number of aliphatic hydroxyl groups excluding tert-OH is 1. The monoisotopic (exact) mass is 295 g/mol. The van der Waals surface area contributed by atoms with Gasteiger partial charge in [-0.15, -0.1) is 0 Å². The topological polar surface area (TPSA) is 62.5 Å². The van der Waals surface area contributed by atoms with E-state index in [2.05, 4.69) is 5.32 Å². The van der Waals surface area contributed by atoms with Gasteiger partial charge in [-0.25, -0.2) is 0 Å². The number of hydrogen-bond acceptors (Lipinski definition) is 3. The number of aliphatic hydroxyl groups is 1. The molecule has 0 aliphatic heterocycles. The van der Waals surface area contributed by atoms with Crippen LogP contribution in [0.3, 0.4) is 0 Å². The Hall–Kier alpha value is -2.59. The van der Waals surface area contributed by atoms with Crippen molar-refractivity contribution in [1.29, 1.82) is 0 Å². The molecule has 0 fully saturated rings. The number of amides is 1. The first-order valence-electron chi connectivity index (χ1n) is 7.23. The maximum atomic E-state index is 11.7. The highest BCUT2D eigenvalue weighted by molar-refractivity contribution is 5.91. The molecule has 0 unspecified atom stereocenters. The molecule has 1 atom stereocenters. The Labute approximate surface area is 128 Å². The molecule has 3 aromatic rings. The Balaban J connectivity index is 1.64. The van der Waals surface area contributed by atoms with Crippen LogP contribution in [0.4, 0.5) is 0 Å². The van der Waals surface area contributed by atoms with Crippen molar-refractivity contribution in [3.63, 3.8) is 0 Å². The maximum Gasteiger partial charge on any atom is 0.286 e. The van der Waals surface area contributed by atoms with Crippen LogP contribution in [-0.2, 0) is 0 Å². The average Bonchev–Trinajstić information content (AvgIpc) is 3.08. The van der Waals surface area contributed by atoms with E-state index in [1.54, 1.807) is 12.1 Å². The standard InChI is InChI=1S/C18H17NO3/c20-16(10-11-19-18(21)17-9-4-12-22-17)15-8-3-6-13-5-1-2-7-14(13)15/h1-9,12,16,20H,10-11H2,(H,19,21)/t16-/m1/s1. The minimum absolute atomic E-state index is 0.268. The minimum Gasteiger partial charge on any atom is -0.459 e. The van der Waals surface area contributed by atoms with Gasteiger partial charge >= 0.3 is 0 Å². The predicted molar refractivity (Wildman–Crippen MR) is 84.6 cm³/mol. The summed E-state index contributed by atoms with van der Waals surface area (Å²) in [5.74, 6) is 0.00905. The first-order chi connectivity index (χ1) is 10.8. The van der Waals surface area contributed by atoms with E-state index < -0.39 is 6.10 Å². The lowest BCUT2D eigenvalue weighted by molar-refractivity contribution is 0.0915. The molecule has 0 aliphatic carbocycles. The minimum atomic E-state index is -0.622. The first kappa shape index (κ1) is 14.4. The molecule has 112 valence electrons. The Kier molecular flexibility index (Phi) is 4.21. The second-order valence-corrected chi connectivity index (χ2v) is 5.11. The molecule has 0 aliphatic rings. The highest BCUT2D eigenvalue weighted by Gasteiger charge is 2.12. The van der Waals surface area contributed by atoms with Crippen LogP contribution < -0.4 is 5.32 Å². The van der Waals surface area contributed by atoms with Gasteiger partial charge in [0.2, 0.25) is 0 Å². The van der Waals surface area contributed by atoms with E-state index in [4.69, 9.17) is 4.42 Å². The smallest absolute Gasteiger partial charge is 0.286 e. The van der Waals surface area contributed by atoms with Crippen molar-refractivity contribution in [2.45, 2.75) is 12.5 Å². The van der Waals surface area contributed by atoms with Crippen molar-refractivity contribution in [1.82, 2.24) is 5.32 Å². The van der Waals surface area contributed by atoms with Crippen molar-refractivity contribution in [2.24, 2.45) is 0 Å². The van der Waals surface area contributed by atoms with Crippen molar-refractivity contribution in [3.8, 4) is 0 Å². The van der Waals surface area contributed by atoms with E-state index in [0.29, 0.717) is 13.0 Å². The highest BCUT2D eigenvalue weighted by atomic mass is 16.3. The van der Waals surface area contributed by atoms with Gasteiger partial charge in [0.1, 0.15) is 0 Å². The molecular formula is C18H17NO3. The van der Waals surface area contributed by atoms with Crippen LogP contribution in [0.1, 0.15) is 28.6 Å². The van der Waals surface area contributed by atoms with Gasteiger partial charge in [0, 0.05) is 6.54 Å². The Bertz CT molecular complexity index is 760. The number of benzene rings is 2. The quantitative estimate of drug-likeness (QED) is 0.759. The molecule has 1 amide bonds. The zero-order chi connectivity index (χ0) is 15.4. The van der Waals surface area contributed by atoms with Crippen molar-refractivity contribution in [2.75, 3.05) is 6.54 Å². The molecule has 2 aromatic carbocycles. The summed E-state index contributed by atoms with van der Waals surface area (Å²) in [6.45, 7) is 0.379. The average molecular weight is 295 g/mol. The van der Waals surface area contributed by atoms with Gasteiger partial charge in [-0.2, -0.15) is 0 Å². The summed E-state index contributed by atoms with van der Waals surface area (Å²) >= 11 is 0. The van der Waals surface area contributed by atoms with Crippen LogP contribution in [-0.4, -0.2) is 17.6 Å². The number of fused-ring (bicyclic) bond motifs is 1. The lowest BCUT2D eigenvalue weighted by Gasteiger charge is -2.14. The van der Waals surface area contributed by atoms with Gasteiger partial charge in [-0.05, 0) is 34.9 Å². The van der Waals surface area contributed by atoms with Crippen LogP contribution in [0.2, 0.25) is 0 Å². The molecule has 4 nitrogen and oxygen atoms in total. The molecular weight excluding hydrogens is 278 g/mol. The third kappa shape index (κ3) is 3.02. The van der Waals surface area contributed by atoms with E-state index in [-0.39, 0.29) is 11.7 Å². The maximum absolute atomic E-state index is 11.7. The normalized spacial score (nSPS) is 12.2. The Morgan fingerprint density at radius 1 is 1.09 bits per heavy atom. The van der Waals surface area contributed by atoms with Crippen LogP contribution in [0.15, 0.2) is 65.3 Å². The number of rotatable bonds is 5. The summed E-state index contributed by atoms with van der Waals surface area (Å²) in [4.78, 5) is 11.7. The lowest BCUT2D eigenvalue weighted by atomic mass is 9.99. The highest BCUT2D eigenvalue weighted by Crippen LogP contribution is 2.25. The number of nitrogens with one attached hydrogen (secondary N) is 1. The zero-order valence-electron chi connectivity index (χ0n) is 12.0. The van der Waals surface area contributed by atoms with Gasteiger partial charge < -0.3 is 14.8 Å². The molecule has 4 heteroatoms. The van der Waals surface area contributed by atoms with Crippen molar-refractivity contribution < 1.29 is 14.3 Å². The third-order valence-electron chi connectivity index (χ3n) is 3.63. The Morgan fingerprint density at radius 2 is 1.91 bits per heavy atom. The summed E-state index contributed by atoms with van der Waals surface area (Å²) in [5.41, 5.74) is 0.880. The van der Waals surface area contributed by atoms with E-state index in [9.17, 15) is 9.90 Å². The molecule has 0 saturated carbocycles. The molecule has 3 rings (SSSR count). The second-order valence-electron chi connectivity index (χ2n) is 5.11. The fourth-order valence-electron chi connectivity index (χ4n) is 2.51. The van der Waals surface area contributed by atoms with Crippen LogP contribution in [0, 0.1) is 0 Å². The lowest BCUT2D eigenvalue weighted by Crippen LogP contribution is -2.25. The summed E-state index contributed by atoms with van der Waals surface area (Å²) in [7, 11) is 0. The number of furan rings is 1.